The van der Waals surface area contributed by atoms with Crippen molar-refractivity contribution in [2.75, 3.05) is 53.6 Å². The van der Waals surface area contributed by atoms with Crippen molar-refractivity contribution in [3.05, 3.63) is 69.6 Å². The standard InChI is InChI=1S/C26H28N2O6/c1-31-18-6-4-17(5-7-18)23-22-24(29)20-9-8-19(32-2)16-21(20)34-25(22)26(30)28(23)11-3-10-27-12-14-33-15-13-27/h4-9,16,23H,3,10-15H2,1-2H3/t23-/m0/s1. The molecule has 3 aromatic rings. The van der Waals surface area contributed by atoms with Crippen LogP contribution in [0.1, 0.15) is 34.1 Å². The van der Waals surface area contributed by atoms with Crippen molar-refractivity contribution in [1.29, 1.82) is 0 Å². The first-order valence-corrected chi connectivity index (χ1v) is 11.5. The highest BCUT2D eigenvalue weighted by molar-refractivity contribution is 5.99. The summed E-state index contributed by atoms with van der Waals surface area (Å²) in [7, 11) is 3.16. The molecule has 1 saturated heterocycles. The minimum atomic E-state index is -0.513. The summed E-state index contributed by atoms with van der Waals surface area (Å²) in [6.07, 6.45) is 0.786. The lowest BCUT2D eigenvalue weighted by Crippen LogP contribution is -2.38. The summed E-state index contributed by atoms with van der Waals surface area (Å²) in [5.41, 5.74) is 1.39. The molecule has 1 aromatic heterocycles. The number of carbonyl (C=O) groups is 1. The molecule has 5 rings (SSSR count). The lowest BCUT2D eigenvalue weighted by atomic mass is 9.98. The summed E-state index contributed by atoms with van der Waals surface area (Å²) in [6, 6.07) is 12.0. The number of ether oxygens (including phenoxy) is 3. The lowest BCUT2D eigenvalue weighted by molar-refractivity contribution is 0.0353. The Morgan fingerprint density at radius 2 is 1.65 bits per heavy atom. The molecule has 2 aromatic carbocycles. The van der Waals surface area contributed by atoms with Crippen LogP contribution in [0.25, 0.3) is 11.0 Å². The average Bonchev–Trinajstić information content (AvgIpc) is 3.16. The third kappa shape index (κ3) is 4.03. The van der Waals surface area contributed by atoms with Gasteiger partial charge in [-0.1, -0.05) is 12.1 Å². The van der Waals surface area contributed by atoms with Crippen LogP contribution < -0.4 is 14.9 Å². The smallest absolute Gasteiger partial charge is 0.290 e. The second-order valence-corrected chi connectivity index (χ2v) is 8.52. The summed E-state index contributed by atoms with van der Waals surface area (Å²) in [6.45, 7) is 4.62. The molecule has 0 radical (unpaired) electrons. The monoisotopic (exact) mass is 464 g/mol. The number of hydrogen-bond acceptors (Lipinski definition) is 7. The molecule has 34 heavy (non-hydrogen) atoms. The van der Waals surface area contributed by atoms with Crippen molar-refractivity contribution >= 4 is 16.9 Å². The molecule has 1 amide bonds. The summed E-state index contributed by atoms with van der Waals surface area (Å²) < 4.78 is 22.0. The Hall–Kier alpha value is -3.36. The van der Waals surface area contributed by atoms with E-state index in [1.807, 2.05) is 24.3 Å². The highest BCUT2D eigenvalue weighted by Gasteiger charge is 2.42. The summed E-state index contributed by atoms with van der Waals surface area (Å²) in [5, 5.41) is 0.432. The molecule has 8 nitrogen and oxygen atoms in total. The molecule has 3 heterocycles. The first kappa shape index (κ1) is 22.4. The van der Waals surface area contributed by atoms with Gasteiger partial charge in [-0.15, -0.1) is 0 Å². The van der Waals surface area contributed by atoms with Crippen molar-refractivity contribution in [3.63, 3.8) is 0 Å². The normalized spacial score (nSPS) is 18.4. The van der Waals surface area contributed by atoms with Crippen LogP contribution in [0, 0.1) is 0 Å². The summed E-state index contributed by atoms with van der Waals surface area (Å²) in [4.78, 5) is 31.2. The van der Waals surface area contributed by atoms with Crippen molar-refractivity contribution in [1.82, 2.24) is 9.80 Å². The van der Waals surface area contributed by atoms with Crippen molar-refractivity contribution < 1.29 is 23.4 Å². The molecule has 0 N–H and O–H groups in total. The van der Waals surface area contributed by atoms with Gasteiger partial charge in [0.15, 0.2) is 5.43 Å². The van der Waals surface area contributed by atoms with Crippen molar-refractivity contribution in [2.24, 2.45) is 0 Å². The zero-order chi connectivity index (χ0) is 23.7. The Labute approximate surface area is 197 Å². The number of amides is 1. The topological polar surface area (TPSA) is 81.5 Å². The molecule has 2 aliphatic heterocycles. The highest BCUT2D eigenvalue weighted by atomic mass is 16.5. The van der Waals surface area contributed by atoms with Crippen LogP contribution in [0.3, 0.4) is 0 Å². The molecule has 178 valence electrons. The van der Waals surface area contributed by atoms with E-state index >= 15 is 0 Å². The number of hydrogen-bond donors (Lipinski definition) is 0. The van der Waals surface area contributed by atoms with Crippen LogP contribution in [-0.2, 0) is 4.74 Å². The number of nitrogens with zero attached hydrogens (tertiary/aromatic N) is 2. The van der Waals surface area contributed by atoms with E-state index in [4.69, 9.17) is 18.6 Å². The maximum Gasteiger partial charge on any atom is 0.290 e. The maximum absolute atomic E-state index is 13.6. The molecule has 1 fully saturated rings. The fourth-order valence-corrected chi connectivity index (χ4v) is 4.78. The second-order valence-electron chi connectivity index (χ2n) is 8.52. The molecule has 0 bridgehead atoms. The van der Waals surface area contributed by atoms with Gasteiger partial charge in [0.2, 0.25) is 5.76 Å². The van der Waals surface area contributed by atoms with Crippen LogP contribution in [0.15, 0.2) is 51.7 Å². The molecular weight excluding hydrogens is 436 g/mol. The van der Waals surface area contributed by atoms with Gasteiger partial charge in [0, 0.05) is 32.2 Å². The van der Waals surface area contributed by atoms with Gasteiger partial charge < -0.3 is 23.5 Å². The number of fused-ring (bicyclic) bond motifs is 2. The fraction of sp³-hybridized carbons (Fsp3) is 0.385. The maximum atomic E-state index is 13.6. The van der Waals surface area contributed by atoms with E-state index in [0.29, 0.717) is 34.6 Å². The van der Waals surface area contributed by atoms with E-state index < -0.39 is 6.04 Å². The lowest BCUT2D eigenvalue weighted by Gasteiger charge is -2.29. The van der Waals surface area contributed by atoms with Gasteiger partial charge in [0.1, 0.15) is 17.1 Å². The van der Waals surface area contributed by atoms with Crippen LogP contribution in [0.4, 0.5) is 0 Å². The largest absolute Gasteiger partial charge is 0.497 e. The van der Waals surface area contributed by atoms with E-state index in [1.54, 1.807) is 37.3 Å². The Morgan fingerprint density at radius 3 is 2.35 bits per heavy atom. The number of rotatable bonds is 7. The van der Waals surface area contributed by atoms with Gasteiger partial charge in [-0.3, -0.25) is 14.5 Å². The highest BCUT2D eigenvalue weighted by Crippen LogP contribution is 2.39. The zero-order valence-electron chi connectivity index (χ0n) is 19.4. The molecular formula is C26H28N2O6. The van der Waals surface area contributed by atoms with Crippen LogP contribution in [-0.4, -0.2) is 69.3 Å². The third-order valence-corrected chi connectivity index (χ3v) is 6.58. The van der Waals surface area contributed by atoms with E-state index in [0.717, 1.165) is 44.8 Å². The Morgan fingerprint density at radius 1 is 0.941 bits per heavy atom. The molecule has 2 aliphatic rings. The predicted octanol–water partition coefficient (Wildman–Crippen LogP) is 3.08. The number of carbonyl (C=O) groups excluding carboxylic acids is 1. The Bertz CT molecular complexity index is 1250. The Balaban J connectivity index is 1.53. The van der Waals surface area contributed by atoms with Crippen molar-refractivity contribution in [3.8, 4) is 11.5 Å². The minimum Gasteiger partial charge on any atom is -0.497 e. The number of methoxy groups -OCH3 is 2. The quantitative estimate of drug-likeness (QED) is 0.532. The molecule has 0 unspecified atom stereocenters. The fourth-order valence-electron chi connectivity index (χ4n) is 4.78. The van der Waals surface area contributed by atoms with Crippen LogP contribution >= 0.6 is 0 Å². The van der Waals surface area contributed by atoms with E-state index in [2.05, 4.69) is 4.90 Å². The SMILES string of the molecule is COc1ccc([C@H]2c3c(oc4cc(OC)ccc4c3=O)C(=O)N2CCCN2CCOCC2)cc1. The number of benzene rings is 2. The van der Waals surface area contributed by atoms with Crippen LogP contribution in [0.2, 0.25) is 0 Å². The first-order chi connectivity index (χ1) is 16.6. The summed E-state index contributed by atoms with van der Waals surface area (Å²) in [5.74, 6) is 1.12. The average molecular weight is 465 g/mol. The second kappa shape index (κ2) is 9.48. The van der Waals surface area contributed by atoms with Gasteiger partial charge in [-0.05, 0) is 36.2 Å². The molecule has 0 spiro atoms. The van der Waals surface area contributed by atoms with Gasteiger partial charge in [-0.2, -0.15) is 0 Å². The van der Waals surface area contributed by atoms with Crippen LogP contribution in [0.5, 0.6) is 11.5 Å². The molecule has 0 saturated carbocycles. The molecule has 1 atom stereocenters. The minimum absolute atomic E-state index is 0.109. The zero-order valence-corrected chi connectivity index (χ0v) is 19.4. The van der Waals surface area contributed by atoms with Crippen molar-refractivity contribution in [2.45, 2.75) is 12.5 Å². The van der Waals surface area contributed by atoms with E-state index in [-0.39, 0.29) is 17.1 Å². The van der Waals surface area contributed by atoms with E-state index in [9.17, 15) is 9.59 Å². The Kier molecular flexibility index (Phi) is 6.26. The third-order valence-electron chi connectivity index (χ3n) is 6.58. The number of morpholine rings is 1. The first-order valence-electron chi connectivity index (χ1n) is 11.5. The van der Waals surface area contributed by atoms with Gasteiger partial charge in [0.05, 0.1) is 44.4 Å². The van der Waals surface area contributed by atoms with E-state index in [1.165, 1.54) is 0 Å². The summed E-state index contributed by atoms with van der Waals surface area (Å²) >= 11 is 0. The van der Waals surface area contributed by atoms with Gasteiger partial charge in [0.25, 0.3) is 5.91 Å². The molecule has 8 heteroatoms. The predicted molar refractivity (Wildman–Crippen MR) is 127 cm³/mol. The molecule has 0 aliphatic carbocycles. The van der Waals surface area contributed by atoms with Gasteiger partial charge >= 0.3 is 0 Å². The van der Waals surface area contributed by atoms with Gasteiger partial charge in [-0.25, -0.2) is 0 Å².